The maximum absolute atomic E-state index is 12.9. The Hall–Kier alpha value is -1.12. The molecule has 1 aliphatic rings. The van der Waals surface area contributed by atoms with Gasteiger partial charge in [0.25, 0.3) is 0 Å². The zero-order chi connectivity index (χ0) is 15.5. The molecule has 4 nitrogen and oxygen atoms in total. The maximum Gasteiger partial charge on any atom is 0.417 e. The molecule has 8 heteroatoms. The predicted octanol–water partition coefficient (Wildman–Crippen LogP) is 2.63. The second kappa shape index (κ2) is 6.33. The molecular formula is C13H15F3O4S. The zero-order valence-electron chi connectivity index (χ0n) is 11.1. The Morgan fingerprint density at radius 2 is 1.76 bits per heavy atom. The first-order valence-electron chi connectivity index (χ1n) is 6.43. The van der Waals surface area contributed by atoms with Crippen molar-refractivity contribution in [3.05, 3.63) is 29.8 Å². The first kappa shape index (κ1) is 16.3. The average Bonchev–Trinajstić information content (AvgIpc) is 2.45. The lowest BCUT2D eigenvalue weighted by atomic mass is 10.2. The Balaban J connectivity index is 2.16. The average molecular weight is 324 g/mol. The van der Waals surface area contributed by atoms with Gasteiger partial charge >= 0.3 is 6.18 Å². The third kappa shape index (κ3) is 4.18. The van der Waals surface area contributed by atoms with Gasteiger partial charge in [0.2, 0.25) is 0 Å². The highest BCUT2D eigenvalue weighted by atomic mass is 32.2. The van der Waals surface area contributed by atoms with Crippen LogP contribution in [0, 0.1) is 0 Å². The SMILES string of the molecule is O=S(=O)(CCC1OCCCO1)c1ccccc1C(F)(F)F. The molecule has 0 N–H and O–H groups in total. The molecule has 1 aromatic rings. The van der Waals surface area contributed by atoms with Gasteiger partial charge < -0.3 is 9.47 Å². The summed E-state index contributed by atoms with van der Waals surface area (Å²) in [6.07, 6.45) is -4.65. The van der Waals surface area contributed by atoms with E-state index in [0.717, 1.165) is 24.6 Å². The Morgan fingerprint density at radius 1 is 1.14 bits per heavy atom. The third-order valence-corrected chi connectivity index (χ3v) is 4.85. The van der Waals surface area contributed by atoms with Gasteiger partial charge in [0.05, 0.1) is 29.4 Å². The highest BCUT2D eigenvalue weighted by Gasteiger charge is 2.36. The minimum Gasteiger partial charge on any atom is -0.353 e. The van der Waals surface area contributed by atoms with Crippen LogP contribution in [0.4, 0.5) is 13.2 Å². The molecule has 2 rings (SSSR count). The second-order valence-electron chi connectivity index (χ2n) is 4.63. The standard InChI is InChI=1S/C13H15F3O4S/c14-13(15,16)10-4-1-2-5-11(10)21(17,18)9-6-12-19-7-3-8-20-12/h1-2,4-5,12H,3,6-9H2. The molecule has 1 saturated heterocycles. The van der Waals surface area contributed by atoms with E-state index in [9.17, 15) is 21.6 Å². The number of hydrogen-bond donors (Lipinski definition) is 0. The fourth-order valence-corrected chi connectivity index (χ4v) is 3.56. The molecule has 1 aromatic carbocycles. The van der Waals surface area contributed by atoms with Crippen LogP contribution in [0.15, 0.2) is 29.2 Å². The van der Waals surface area contributed by atoms with E-state index in [2.05, 4.69) is 0 Å². The Kier molecular flexibility index (Phi) is 4.90. The molecule has 21 heavy (non-hydrogen) atoms. The van der Waals surface area contributed by atoms with Crippen LogP contribution in [0.2, 0.25) is 0 Å². The molecule has 0 amide bonds. The lowest BCUT2D eigenvalue weighted by Gasteiger charge is -2.23. The summed E-state index contributed by atoms with van der Waals surface area (Å²) in [4.78, 5) is -0.701. The minimum atomic E-state index is -4.71. The highest BCUT2D eigenvalue weighted by Crippen LogP contribution is 2.34. The lowest BCUT2D eigenvalue weighted by molar-refractivity contribution is -0.178. The van der Waals surface area contributed by atoms with Gasteiger partial charge in [0, 0.05) is 6.42 Å². The largest absolute Gasteiger partial charge is 0.417 e. The summed E-state index contributed by atoms with van der Waals surface area (Å²) in [6.45, 7) is 0.924. The molecule has 0 saturated carbocycles. The maximum atomic E-state index is 12.9. The molecule has 1 aliphatic heterocycles. The van der Waals surface area contributed by atoms with E-state index < -0.39 is 38.5 Å². The van der Waals surface area contributed by atoms with Crippen molar-refractivity contribution < 1.29 is 31.1 Å². The summed E-state index contributed by atoms with van der Waals surface area (Å²) in [5, 5.41) is 0. The van der Waals surface area contributed by atoms with Crippen LogP contribution in [-0.4, -0.2) is 33.7 Å². The molecular weight excluding hydrogens is 309 g/mol. The molecule has 118 valence electrons. The molecule has 1 heterocycles. The van der Waals surface area contributed by atoms with Gasteiger partial charge in [0.15, 0.2) is 16.1 Å². The number of ether oxygens (including phenoxy) is 2. The van der Waals surface area contributed by atoms with E-state index in [1.165, 1.54) is 6.07 Å². The quantitative estimate of drug-likeness (QED) is 0.854. The highest BCUT2D eigenvalue weighted by molar-refractivity contribution is 7.91. The van der Waals surface area contributed by atoms with Gasteiger partial charge in [0.1, 0.15) is 0 Å². The lowest BCUT2D eigenvalue weighted by Crippen LogP contribution is -2.27. The van der Waals surface area contributed by atoms with Crippen LogP contribution < -0.4 is 0 Å². The number of sulfone groups is 1. The Labute approximate surface area is 120 Å². The van der Waals surface area contributed by atoms with Gasteiger partial charge in [-0.05, 0) is 18.6 Å². The topological polar surface area (TPSA) is 52.6 Å². The van der Waals surface area contributed by atoms with E-state index in [1.54, 1.807) is 0 Å². The Morgan fingerprint density at radius 3 is 2.38 bits per heavy atom. The van der Waals surface area contributed by atoms with Crippen LogP contribution in [0.5, 0.6) is 0 Å². The molecule has 0 spiro atoms. The molecule has 0 aliphatic carbocycles. The summed E-state index contributed by atoms with van der Waals surface area (Å²) in [7, 11) is -4.05. The second-order valence-corrected chi connectivity index (χ2v) is 6.70. The van der Waals surface area contributed by atoms with Gasteiger partial charge in [-0.15, -0.1) is 0 Å². The van der Waals surface area contributed by atoms with Crippen LogP contribution in [-0.2, 0) is 25.5 Å². The number of hydrogen-bond acceptors (Lipinski definition) is 4. The monoisotopic (exact) mass is 324 g/mol. The summed E-state index contributed by atoms with van der Waals surface area (Å²) >= 11 is 0. The van der Waals surface area contributed by atoms with Crippen molar-refractivity contribution in [3.63, 3.8) is 0 Å². The van der Waals surface area contributed by atoms with Crippen molar-refractivity contribution in [1.82, 2.24) is 0 Å². The van der Waals surface area contributed by atoms with Crippen molar-refractivity contribution in [1.29, 1.82) is 0 Å². The normalized spacial score (nSPS) is 17.9. The fourth-order valence-electron chi connectivity index (χ4n) is 2.04. The van der Waals surface area contributed by atoms with Crippen molar-refractivity contribution in [2.45, 2.75) is 30.2 Å². The number of benzene rings is 1. The number of rotatable bonds is 4. The van der Waals surface area contributed by atoms with Gasteiger partial charge in [-0.3, -0.25) is 0 Å². The van der Waals surface area contributed by atoms with Crippen molar-refractivity contribution in [2.24, 2.45) is 0 Å². The van der Waals surface area contributed by atoms with Crippen molar-refractivity contribution in [3.8, 4) is 0 Å². The summed E-state index contributed by atoms with van der Waals surface area (Å²) in [5.74, 6) is -0.454. The smallest absolute Gasteiger partial charge is 0.353 e. The van der Waals surface area contributed by atoms with E-state index in [1.807, 2.05) is 0 Å². The third-order valence-electron chi connectivity index (χ3n) is 3.05. The number of halogens is 3. The van der Waals surface area contributed by atoms with E-state index in [0.29, 0.717) is 13.2 Å². The molecule has 0 aromatic heterocycles. The first-order chi connectivity index (χ1) is 9.81. The predicted molar refractivity (Wildman–Crippen MR) is 68.4 cm³/mol. The molecule has 0 unspecified atom stereocenters. The molecule has 0 atom stereocenters. The van der Waals surface area contributed by atoms with Gasteiger partial charge in [-0.1, -0.05) is 12.1 Å². The van der Waals surface area contributed by atoms with E-state index >= 15 is 0 Å². The summed E-state index contributed by atoms with van der Waals surface area (Å²) in [6, 6.07) is 4.17. The van der Waals surface area contributed by atoms with Crippen molar-refractivity contribution >= 4 is 9.84 Å². The molecule has 0 radical (unpaired) electrons. The van der Waals surface area contributed by atoms with Gasteiger partial charge in [-0.25, -0.2) is 8.42 Å². The molecule has 1 fully saturated rings. The van der Waals surface area contributed by atoms with Crippen molar-refractivity contribution in [2.75, 3.05) is 19.0 Å². The van der Waals surface area contributed by atoms with E-state index in [4.69, 9.17) is 9.47 Å². The van der Waals surface area contributed by atoms with Crippen LogP contribution in [0.1, 0.15) is 18.4 Å². The van der Waals surface area contributed by atoms with Crippen LogP contribution in [0.25, 0.3) is 0 Å². The summed E-state index contributed by atoms with van der Waals surface area (Å²) < 4.78 is 73.2. The van der Waals surface area contributed by atoms with Crippen LogP contribution >= 0.6 is 0 Å². The van der Waals surface area contributed by atoms with E-state index in [-0.39, 0.29) is 6.42 Å². The fraction of sp³-hybridized carbons (Fsp3) is 0.538. The van der Waals surface area contributed by atoms with Gasteiger partial charge in [-0.2, -0.15) is 13.2 Å². The Bertz CT molecular complexity index is 577. The minimum absolute atomic E-state index is 0.00846. The summed E-state index contributed by atoms with van der Waals surface area (Å²) in [5.41, 5.74) is -1.14. The van der Waals surface area contributed by atoms with Crippen LogP contribution in [0.3, 0.4) is 0 Å². The first-order valence-corrected chi connectivity index (χ1v) is 8.08. The number of alkyl halides is 3. The zero-order valence-corrected chi connectivity index (χ0v) is 11.9. The molecule has 0 bridgehead atoms.